The van der Waals surface area contributed by atoms with Gasteiger partial charge in [0.15, 0.2) is 0 Å². The van der Waals surface area contributed by atoms with E-state index in [1.807, 2.05) is 12.1 Å². The highest BCUT2D eigenvalue weighted by Gasteiger charge is 2.26. The lowest BCUT2D eigenvalue weighted by atomic mass is 9.84. The molecule has 0 saturated carbocycles. The van der Waals surface area contributed by atoms with E-state index >= 15 is 0 Å². The zero-order valence-electron chi connectivity index (χ0n) is 10.4. The average Bonchev–Trinajstić information content (AvgIpc) is 2.28. The van der Waals surface area contributed by atoms with Crippen LogP contribution >= 0.6 is 12.2 Å². The first-order chi connectivity index (χ1) is 7.98. The molecule has 3 nitrogen and oxygen atoms in total. The van der Waals surface area contributed by atoms with Gasteiger partial charge < -0.3 is 10.6 Å². The van der Waals surface area contributed by atoms with E-state index < -0.39 is 0 Å². The molecule has 17 heavy (non-hydrogen) atoms. The molecule has 1 aromatic rings. The predicted molar refractivity (Wildman–Crippen MR) is 75.4 cm³/mol. The van der Waals surface area contributed by atoms with Gasteiger partial charge in [0.05, 0.1) is 0 Å². The van der Waals surface area contributed by atoms with Crippen LogP contribution in [0.15, 0.2) is 18.3 Å². The summed E-state index contributed by atoms with van der Waals surface area (Å²) in [4.78, 5) is 7.19. The minimum atomic E-state index is 0.377. The quantitative estimate of drug-likeness (QED) is 0.817. The van der Waals surface area contributed by atoms with E-state index in [9.17, 15) is 0 Å². The lowest BCUT2D eigenvalue weighted by Crippen LogP contribution is -2.40. The summed E-state index contributed by atoms with van der Waals surface area (Å²) < 4.78 is 0. The molecule has 2 rings (SSSR count). The van der Waals surface area contributed by atoms with E-state index in [-0.39, 0.29) is 0 Å². The van der Waals surface area contributed by atoms with E-state index in [2.05, 4.69) is 23.7 Å². The van der Waals surface area contributed by atoms with Crippen molar-refractivity contribution in [2.75, 3.05) is 18.0 Å². The molecule has 1 aromatic heterocycles. The number of thiocarbonyl (C=S) groups is 1. The van der Waals surface area contributed by atoms with Crippen molar-refractivity contribution in [3.8, 4) is 0 Å². The molecular formula is C13H19N3S. The molecule has 2 N–H and O–H groups in total. The second-order valence-corrected chi connectivity index (χ2v) is 5.90. The van der Waals surface area contributed by atoms with Crippen LogP contribution in [0.4, 0.5) is 5.82 Å². The molecular weight excluding hydrogens is 230 g/mol. The molecule has 1 aliphatic rings. The monoisotopic (exact) mass is 249 g/mol. The Hall–Kier alpha value is -1.16. The van der Waals surface area contributed by atoms with Crippen LogP contribution in [0, 0.1) is 5.41 Å². The van der Waals surface area contributed by atoms with Gasteiger partial charge in [-0.15, -0.1) is 0 Å². The lowest BCUT2D eigenvalue weighted by Gasteiger charge is -2.38. The Labute approximate surface area is 108 Å². The van der Waals surface area contributed by atoms with Crippen LogP contribution in [0.1, 0.15) is 32.3 Å². The number of rotatable bonds is 2. The smallest absolute Gasteiger partial charge is 0.128 e. The maximum absolute atomic E-state index is 5.56. The second-order valence-electron chi connectivity index (χ2n) is 5.46. The van der Waals surface area contributed by atoms with Gasteiger partial charge >= 0.3 is 0 Å². The van der Waals surface area contributed by atoms with E-state index in [4.69, 9.17) is 18.0 Å². The maximum Gasteiger partial charge on any atom is 0.128 e. The highest BCUT2D eigenvalue weighted by molar-refractivity contribution is 7.80. The molecule has 0 unspecified atom stereocenters. The predicted octanol–water partition coefficient (Wildman–Crippen LogP) is 2.34. The summed E-state index contributed by atoms with van der Waals surface area (Å²) in [5.74, 6) is 1.03. The Bertz CT molecular complexity index is 411. The van der Waals surface area contributed by atoms with Crippen LogP contribution in [-0.4, -0.2) is 23.1 Å². The largest absolute Gasteiger partial charge is 0.389 e. The number of anilines is 1. The third kappa shape index (κ3) is 2.94. The number of piperidine rings is 1. The van der Waals surface area contributed by atoms with Crippen LogP contribution < -0.4 is 10.6 Å². The zero-order valence-corrected chi connectivity index (χ0v) is 11.3. The van der Waals surface area contributed by atoms with Crippen molar-refractivity contribution in [2.24, 2.45) is 11.1 Å². The second kappa shape index (κ2) is 4.61. The molecule has 2 heterocycles. The van der Waals surface area contributed by atoms with Gasteiger partial charge in [0.25, 0.3) is 0 Å². The maximum atomic E-state index is 5.56. The van der Waals surface area contributed by atoms with Crippen molar-refractivity contribution in [2.45, 2.75) is 26.7 Å². The Morgan fingerprint density at radius 2 is 2.24 bits per heavy atom. The van der Waals surface area contributed by atoms with Crippen LogP contribution in [0.2, 0.25) is 0 Å². The molecule has 0 bridgehead atoms. The van der Waals surface area contributed by atoms with Crippen LogP contribution in [0.3, 0.4) is 0 Å². The van der Waals surface area contributed by atoms with E-state index in [0.29, 0.717) is 10.4 Å². The normalized spacial score (nSPS) is 19.1. The Morgan fingerprint density at radius 3 is 2.76 bits per heavy atom. The molecule has 4 heteroatoms. The molecule has 0 aliphatic carbocycles. The molecule has 1 fully saturated rings. The van der Waals surface area contributed by atoms with E-state index in [1.54, 1.807) is 6.20 Å². The molecule has 0 atom stereocenters. The lowest BCUT2D eigenvalue weighted by molar-refractivity contribution is 0.292. The van der Waals surface area contributed by atoms with Gasteiger partial charge in [0.2, 0.25) is 0 Å². The fourth-order valence-corrected chi connectivity index (χ4v) is 2.46. The van der Waals surface area contributed by atoms with Gasteiger partial charge in [-0.3, -0.25) is 0 Å². The summed E-state index contributed by atoms with van der Waals surface area (Å²) in [6, 6.07) is 3.96. The SMILES string of the molecule is CC1(C)CCCN(c2ccc(C(N)=S)cn2)C1. The zero-order chi connectivity index (χ0) is 12.5. The first-order valence-corrected chi connectivity index (χ1v) is 6.40. The van der Waals surface area contributed by atoms with E-state index in [1.165, 1.54) is 12.8 Å². The van der Waals surface area contributed by atoms with Crippen molar-refractivity contribution in [1.82, 2.24) is 4.98 Å². The molecule has 0 amide bonds. The van der Waals surface area contributed by atoms with Gasteiger partial charge in [-0.1, -0.05) is 26.1 Å². The molecule has 1 saturated heterocycles. The number of nitrogens with two attached hydrogens (primary N) is 1. The molecule has 0 radical (unpaired) electrons. The summed E-state index contributed by atoms with van der Waals surface area (Å²) in [6.45, 7) is 6.76. The summed E-state index contributed by atoms with van der Waals surface area (Å²) >= 11 is 4.92. The van der Waals surface area contributed by atoms with Crippen molar-refractivity contribution in [3.63, 3.8) is 0 Å². The Balaban J connectivity index is 2.14. The number of nitrogens with zero attached hydrogens (tertiary/aromatic N) is 2. The van der Waals surface area contributed by atoms with Gasteiger partial charge in [-0.25, -0.2) is 4.98 Å². The Kier molecular flexibility index (Phi) is 3.33. The summed E-state index contributed by atoms with van der Waals surface area (Å²) in [6.07, 6.45) is 4.28. The minimum Gasteiger partial charge on any atom is -0.389 e. The molecule has 1 aliphatic heterocycles. The highest BCUT2D eigenvalue weighted by atomic mass is 32.1. The summed E-state index contributed by atoms with van der Waals surface area (Å²) in [5.41, 5.74) is 6.77. The first kappa shape index (κ1) is 12.3. The van der Waals surface area contributed by atoms with Gasteiger partial charge in [0, 0.05) is 24.8 Å². The van der Waals surface area contributed by atoms with Crippen molar-refractivity contribution in [1.29, 1.82) is 0 Å². The van der Waals surface area contributed by atoms with Gasteiger partial charge in [-0.05, 0) is 30.4 Å². The van der Waals surface area contributed by atoms with Crippen molar-refractivity contribution >= 4 is 23.0 Å². The van der Waals surface area contributed by atoms with Crippen LogP contribution in [0.25, 0.3) is 0 Å². The fourth-order valence-electron chi connectivity index (χ4n) is 2.34. The standard InChI is InChI=1S/C13H19N3S/c1-13(2)6-3-7-16(9-13)11-5-4-10(8-15-11)12(14)17/h4-5,8H,3,6-7,9H2,1-2H3,(H2,14,17). The fraction of sp³-hybridized carbons (Fsp3) is 0.538. The first-order valence-electron chi connectivity index (χ1n) is 5.99. The van der Waals surface area contributed by atoms with E-state index in [0.717, 1.165) is 24.5 Å². The number of hydrogen-bond acceptors (Lipinski definition) is 3. The third-order valence-corrected chi connectivity index (χ3v) is 3.49. The summed E-state index contributed by atoms with van der Waals surface area (Å²) in [7, 11) is 0. The van der Waals surface area contributed by atoms with Crippen molar-refractivity contribution < 1.29 is 0 Å². The third-order valence-electron chi connectivity index (χ3n) is 3.26. The summed E-state index contributed by atoms with van der Waals surface area (Å²) in [5, 5.41) is 0. The minimum absolute atomic E-state index is 0.377. The number of aromatic nitrogens is 1. The number of hydrogen-bond donors (Lipinski definition) is 1. The molecule has 92 valence electrons. The number of pyridine rings is 1. The van der Waals surface area contributed by atoms with Crippen LogP contribution in [0.5, 0.6) is 0 Å². The highest BCUT2D eigenvalue weighted by Crippen LogP contribution is 2.30. The average molecular weight is 249 g/mol. The van der Waals surface area contributed by atoms with Gasteiger partial charge in [0.1, 0.15) is 10.8 Å². The van der Waals surface area contributed by atoms with Gasteiger partial charge in [-0.2, -0.15) is 0 Å². The Morgan fingerprint density at radius 1 is 1.47 bits per heavy atom. The molecule has 0 spiro atoms. The van der Waals surface area contributed by atoms with Crippen LogP contribution in [-0.2, 0) is 0 Å². The molecule has 0 aromatic carbocycles. The topological polar surface area (TPSA) is 42.1 Å². The van der Waals surface area contributed by atoms with Crippen molar-refractivity contribution in [3.05, 3.63) is 23.9 Å².